The fraction of sp³-hybridized carbons (Fsp3) is 0.333. The molecule has 0 unspecified atom stereocenters. The Morgan fingerprint density at radius 2 is 1.63 bits per heavy atom. The second kappa shape index (κ2) is 4.21. The molecule has 0 aromatic heterocycles. The number of hydrogen-bond donors (Lipinski definition) is 1. The van der Waals surface area contributed by atoms with Gasteiger partial charge in [-0.3, -0.25) is 0 Å². The molecular formula is C18H18O. The number of benzene rings is 2. The Morgan fingerprint density at radius 3 is 2.58 bits per heavy atom. The molecule has 0 fully saturated rings. The van der Waals surface area contributed by atoms with E-state index in [1.807, 2.05) is 0 Å². The van der Waals surface area contributed by atoms with Gasteiger partial charge in [0.05, 0.1) is 6.10 Å². The molecule has 0 aliphatic heterocycles. The van der Waals surface area contributed by atoms with Crippen molar-refractivity contribution in [1.82, 2.24) is 0 Å². The van der Waals surface area contributed by atoms with Crippen molar-refractivity contribution in [2.24, 2.45) is 0 Å². The third kappa shape index (κ3) is 1.81. The van der Waals surface area contributed by atoms with Crippen LogP contribution in [0.3, 0.4) is 0 Å². The van der Waals surface area contributed by atoms with Gasteiger partial charge in [0.15, 0.2) is 0 Å². The second-order valence-corrected chi connectivity index (χ2v) is 5.83. The molecule has 0 bridgehead atoms. The highest BCUT2D eigenvalue weighted by atomic mass is 16.3. The minimum atomic E-state index is -0.149. The number of rotatable bonds is 0. The molecule has 0 saturated heterocycles. The summed E-state index contributed by atoms with van der Waals surface area (Å²) in [6, 6.07) is 13.5. The Labute approximate surface area is 113 Å². The zero-order valence-electron chi connectivity index (χ0n) is 11.0. The number of fused-ring (bicyclic) bond motifs is 4. The summed E-state index contributed by atoms with van der Waals surface area (Å²) in [6.07, 6.45) is 4.94. The second-order valence-electron chi connectivity index (χ2n) is 5.83. The maximum atomic E-state index is 9.86. The quantitative estimate of drug-likeness (QED) is 0.760. The molecule has 1 nitrogen and oxygen atoms in total. The smallest absolute Gasteiger partial charge is 0.0583 e. The molecule has 19 heavy (non-hydrogen) atoms. The van der Waals surface area contributed by atoms with E-state index in [9.17, 15) is 5.11 Å². The molecule has 0 amide bonds. The Balaban J connectivity index is 1.89. The van der Waals surface area contributed by atoms with Gasteiger partial charge in [0.1, 0.15) is 0 Å². The van der Waals surface area contributed by atoms with Gasteiger partial charge < -0.3 is 5.11 Å². The first-order valence-electron chi connectivity index (χ1n) is 7.22. The van der Waals surface area contributed by atoms with Gasteiger partial charge in [-0.2, -0.15) is 0 Å². The normalized spacial score (nSPS) is 20.4. The topological polar surface area (TPSA) is 20.2 Å². The lowest BCUT2D eigenvalue weighted by Gasteiger charge is -2.26. The third-order valence-corrected chi connectivity index (χ3v) is 4.60. The predicted octanol–water partition coefficient (Wildman–Crippen LogP) is 3.30. The molecule has 4 rings (SSSR count). The summed E-state index contributed by atoms with van der Waals surface area (Å²) < 4.78 is 0. The molecular weight excluding hydrogens is 232 g/mol. The van der Waals surface area contributed by atoms with E-state index in [-0.39, 0.29) is 6.10 Å². The molecule has 96 valence electrons. The lowest BCUT2D eigenvalue weighted by atomic mass is 9.80. The summed E-state index contributed by atoms with van der Waals surface area (Å²) in [5.41, 5.74) is 8.57. The zero-order chi connectivity index (χ0) is 12.8. The van der Waals surface area contributed by atoms with E-state index in [1.165, 1.54) is 33.4 Å². The lowest BCUT2D eigenvalue weighted by molar-refractivity contribution is 0.158. The van der Waals surface area contributed by atoms with E-state index in [4.69, 9.17) is 0 Å². The fourth-order valence-electron chi connectivity index (χ4n) is 3.57. The third-order valence-electron chi connectivity index (χ3n) is 4.60. The molecule has 0 heterocycles. The largest absolute Gasteiger partial charge is 0.393 e. The highest BCUT2D eigenvalue weighted by Gasteiger charge is 2.21. The van der Waals surface area contributed by atoms with Crippen LogP contribution in [0.5, 0.6) is 0 Å². The van der Waals surface area contributed by atoms with Crippen molar-refractivity contribution in [3.8, 4) is 11.1 Å². The van der Waals surface area contributed by atoms with Gasteiger partial charge in [-0.15, -0.1) is 0 Å². The number of aliphatic hydroxyl groups excluding tert-OH is 1. The fourth-order valence-corrected chi connectivity index (χ4v) is 3.57. The van der Waals surface area contributed by atoms with E-state index < -0.39 is 0 Å². The molecule has 2 aromatic carbocycles. The van der Waals surface area contributed by atoms with Crippen molar-refractivity contribution in [1.29, 1.82) is 0 Å². The molecule has 2 aliphatic carbocycles. The number of aryl methyl sites for hydroxylation is 3. The summed E-state index contributed by atoms with van der Waals surface area (Å²) in [4.78, 5) is 0. The van der Waals surface area contributed by atoms with E-state index in [2.05, 4.69) is 36.4 Å². The number of hydrogen-bond acceptors (Lipinski definition) is 1. The van der Waals surface area contributed by atoms with Crippen LogP contribution in [0.4, 0.5) is 0 Å². The molecule has 0 saturated carbocycles. The molecule has 2 aromatic rings. The van der Waals surface area contributed by atoms with Crippen molar-refractivity contribution in [3.63, 3.8) is 0 Å². The van der Waals surface area contributed by atoms with Gasteiger partial charge in [-0.05, 0) is 65.5 Å². The minimum absolute atomic E-state index is 0.149. The SMILES string of the molecule is O[C@@H]1CCc2cc3c(cc2C1)-c1ccccc1CC3. The first-order valence-corrected chi connectivity index (χ1v) is 7.22. The monoisotopic (exact) mass is 250 g/mol. The van der Waals surface area contributed by atoms with Crippen LogP contribution >= 0.6 is 0 Å². The van der Waals surface area contributed by atoms with Gasteiger partial charge in [0.25, 0.3) is 0 Å². The van der Waals surface area contributed by atoms with E-state index >= 15 is 0 Å². The number of aliphatic hydroxyl groups is 1. The van der Waals surface area contributed by atoms with Crippen LogP contribution in [0, 0.1) is 0 Å². The summed E-state index contributed by atoms with van der Waals surface area (Å²) in [6.45, 7) is 0. The van der Waals surface area contributed by atoms with Crippen LogP contribution in [0.2, 0.25) is 0 Å². The molecule has 2 aliphatic rings. The summed E-state index contributed by atoms with van der Waals surface area (Å²) in [5, 5.41) is 9.86. The van der Waals surface area contributed by atoms with E-state index in [1.54, 1.807) is 0 Å². The van der Waals surface area contributed by atoms with Crippen molar-refractivity contribution >= 4 is 0 Å². The Bertz CT molecular complexity index is 642. The average molecular weight is 250 g/mol. The van der Waals surface area contributed by atoms with Gasteiger partial charge in [-0.25, -0.2) is 0 Å². The van der Waals surface area contributed by atoms with Gasteiger partial charge >= 0.3 is 0 Å². The molecule has 0 spiro atoms. The molecule has 1 atom stereocenters. The maximum absolute atomic E-state index is 9.86. The van der Waals surface area contributed by atoms with Gasteiger partial charge in [-0.1, -0.05) is 36.4 Å². The average Bonchev–Trinajstić information content (AvgIpc) is 2.45. The summed E-state index contributed by atoms with van der Waals surface area (Å²) in [7, 11) is 0. The highest BCUT2D eigenvalue weighted by molar-refractivity contribution is 5.74. The van der Waals surface area contributed by atoms with Crippen molar-refractivity contribution < 1.29 is 5.11 Å². The van der Waals surface area contributed by atoms with Crippen LogP contribution in [-0.2, 0) is 25.7 Å². The lowest BCUT2D eigenvalue weighted by Crippen LogP contribution is -2.19. The summed E-state index contributed by atoms with van der Waals surface area (Å²) in [5.74, 6) is 0. The van der Waals surface area contributed by atoms with Crippen LogP contribution in [-0.4, -0.2) is 11.2 Å². The van der Waals surface area contributed by atoms with Crippen LogP contribution in [0.1, 0.15) is 28.7 Å². The first kappa shape index (κ1) is 11.2. The van der Waals surface area contributed by atoms with Crippen LogP contribution in [0.25, 0.3) is 11.1 Å². The van der Waals surface area contributed by atoms with E-state index in [0.29, 0.717) is 0 Å². The van der Waals surface area contributed by atoms with E-state index in [0.717, 1.165) is 32.1 Å². The minimum Gasteiger partial charge on any atom is -0.393 e. The van der Waals surface area contributed by atoms with Gasteiger partial charge in [0.2, 0.25) is 0 Å². The van der Waals surface area contributed by atoms with Crippen molar-refractivity contribution in [3.05, 3.63) is 58.7 Å². The Morgan fingerprint density at radius 1 is 0.789 bits per heavy atom. The standard InChI is InChI=1S/C18H18O/c19-16-8-7-13-9-14-6-5-12-3-1-2-4-17(12)18(14)11-15(13)10-16/h1-4,9,11,16,19H,5-8,10H2/t16-/m1/s1. The summed E-state index contributed by atoms with van der Waals surface area (Å²) >= 11 is 0. The van der Waals surface area contributed by atoms with Crippen LogP contribution < -0.4 is 0 Å². The zero-order valence-corrected chi connectivity index (χ0v) is 11.0. The van der Waals surface area contributed by atoms with Crippen LogP contribution in [0.15, 0.2) is 36.4 Å². The highest BCUT2D eigenvalue weighted by Crippen LogP contribution is 2.36. The Kier molecular flexibility index (Phi) is 2.49. The first-order chi connectivity index (χ1) is 9.31. The Hall–Kier alpha value is -1.60. The molecule has 0 radical (unpaired) electrons. The van der Waals surface area contributed by atoms with Crippen molar-refractivity contribution in [2.45, 2.75) is 38.2 Å². The molecule has 1 heteroatoms. The molecule has 1 N–H and O–H groups in total. The maximum Gasteiger partial charge on any atom is 0.0583 e. The van der Waals surface area contributed by atoms with Gasteiger partial charge in [0, 0.05) is 0 Å². The van der Waals surface area contributed by atoms with Crippen molar-refractivity contribution in [2.75, 3.05) is 0 Å². The predicted molar refractivity (Wildman–Crippen MR) is 77.3 cm³/mol.